The van der Waals surface area contributed by atoms with E-state index in [0.717, 1.165) is 17.6 Å². The van der Waals surface area contributed by atoms with Crippen molar-refractivity contribution in [1.29, 1.82) is 0 Å². The quantitative estimate of drug-likeness (QED) is 0.239. The lowest BCUT2D eigenvalue weighted by atomic mass is 9.72. The van der Waals surface area contributed by atoms with E-state index < -0.39 is 17.9 Å². The number of amides is 1. The highest BCUT2D eigenvalue weighted by atomic mass is 16.4. The van der Waals surface area contributed by atoms with E-state index in [1.807, 2.05) is 25.2 Å². The second-order valence-electron chi connectivity index (χ2n) is 9.11. The average Bonchev–Trinajstić information content (AvgIpc) is 2.66. The zero-order valence-corrected chi connectivity index (χ0v) is 19.8. The summed E-state index contributed by atoms with van der Waals surface area (Å²) in [6, 6.07) is -0.888. The number of nitrogens with two attached hydrogens (primary N) is 1. The van der Waals surface area contributed by atoms with Gasteiger partial charge in [-0.15, -0.1) is 0 Å². The Kier molecular flexibility index (Phi) is 11.3. The number of unbranched alkanes of at least 4 members (excludes halogenated alkanes) is 1. The third-order valence-electron chi connectivity index (χ3n) is 5.69. The maximum atomic E-state index is 12.1. The normalized spacial score (nSPS) is 18.6. The molecule has 0 aromatic heterocycles. The number of carboxylic acid groups (broad SMARTS) is 1. The predicted molar refractivity (Wildman–Crippen MR) is 129 cm³/mol. The molecule has 172 valence electrons. The molecule has 0 saturated heterocycles. The van der Waals surface area contributed by atoms with Gasteiger partial charge in [-0.05, 0) is 82.4 Å². The SMILES string of the molecule is CC1=C(/C=C/C(C)=C/C=C/C(C)=C/C(=O)N[C@@H](CCCCN)C(=O)O)C(C)(C)CCC1. The first kappa shape index (κ1) is 26.6. The van der Waals surface area contributed by atoms with Crippen molar-refractivity contribution in [1.82, 2.24) is 5.32 Å². The monoisotopic (exact) mass is 428 g/mol. The molecule has 0 heterocycles. The van der Waals surface area contributed by atoms with Crippen molar-refractivity contribution >= 4 is 11.9 Å². The van der Waals surface area contributed by atoms with E-state index >= 15 is 0 Å². The Morgan fingerprint density at radius 2 is 1.90 bits per heavy atom. The Morgan fingerprint density at radius 1 is 1.19 bits per heavy atom. The molecular formula is C26H40N2O3. The number of carbonyl (C=O) groups excluding carboxylic acids is 1. The van der Waals surface area contributed by atoms with Crippen LogP contribution in [0, 0.1) is 5.41 Å². The molecule has 0 spiro atoms. The Labute approximate surface area is 187 Å². The van der Waals surface area contributed by atoms with Crippen LogP contribution in [0.5, 0.6) is 0 Å². The lowest BCUT2D eigenvalue weighted by Crippen LogP contribution is -2.40. The second-order valence-corrected chi connectivity index (χ2v) is 9.11. The van der Waals surface area contributed by atoms with Gasteiger partial charge >= 0.3 is 5.97 Å². The third kappa shape index (κ3) is 9.97. The van der Waals surface area contributed by atoms with E-state index in [-0.39, 0.29) is 5.41 Å². The van der Waals surface area contributed by atoms with Gasteiger partial charge in [-0.1, -0.05) is 55.4 Å². The summed E-state index contributed by atoms with van der Waals surface area (Å²) in [6.07, 6.45) is 17.0. The molecule has 0 saturated carbocycles. The van der Waals surface area contributed by atoms with Crippen molar-refractivity contribution in [3.05, 3.63) is 58.7 Å². The topological polar surface area (TPSA) is 92.4 Å². The first-order valence-corrected chi connectivity index (χ1v) is 11.2. The standard InChI is InChI=1S/C26H40N2O3/c1-19(14-15-22-21(3)12-9-16-26(22,4)5)10-8-11-20(2)18-24(29)28-23(25(30)31)13-6-7-17-27/h8,10-11,14-15,18,23H,6-7,9,12-13,16-17,27H2,1-5H3,(H,28,29)(H,30,31)/b11-8+,15-14+,19-10+,20-18+/t23-/m0/s1. The van der Waals surface area contributed by atoms with Gasteiger partial charge in [-0.3, -0.25) is 4.79 Å². The molecule has 0 fully saturated rings. The molecule has 5 nitrogen and oxygen atoms in total. The third-order valence-corrected chi connectivity index (χ3v) is 5.69. The van der Waals surface area contributed by atoms with Crippen LogP contribution in [0.4, 0.5) is 0 Å². The number of carbonyl (C=O) groups is 2. The summed E-state index contributed by atoms with van der Waals surface area (Å²) < 4.78 is 0. The summed E-state index contributed by atoms with van der Waals surface area (Å²) >= 11 is 0. The first-order valence-electron chi connectivity index (χ1n) is 11.2. The first-order chi connectivity index (χ1) is 14.6. The second kappa shape index (κ2) is 13.1. The Hall–Kier alpha value is -2.40. The smallest absolute Gasteiger partial charge is 0.326 e. The average molecular weight is 429 g/mol. The van der Waals surface area contributed by atoms with Gasteiger partial charge in [0.2, 0.25) is 5.91 Å². The largest absolute Gasteiger partial charge is 0.480 e. The van der Waals surface area contributed by atoms with Crippen LogP contribution in [0.3, 0.4) is 0 Å². The fraction of sp³-hybridized carbons (Fsp3) is 0.538. The Bertz CT molecular complexity index is 782. The van der Waals surface area contributed by atoms with E-state index in [1.54, 1.807) is 0 Å². The van der Waals surface area contributed by atoms with Gasteiger partial charge < -0.3 is 16.2 Å². The maximum absolute atomic E-state index is 12.1. The minimum Gasteiger partial charge on any atom is -0.480 e. The molecule has 1 rings (SSSR count). The molecule has 5 heteroatoms. The van der Waals surface area contributed by atoms with Crippen LogP contribution in [0.25, 0.3) is 0 Å². The van der Waals surface area contributed by atoms with E-state index in [9.17, 15) is 14.7 Å². The summed E-state index contributed by atoms with van der Waals surface area (Å²) in [7, 11) is 0. The zero-order chi connectivity index (χ0) is 23.4. The van der Waals surface area contributed by atoms with Crippen molar-refractivity contribution in [3.8, 4) is 0 Å². The molecule has 4 N–H and O–H groups in total. The fourth-order valence-corrected chi connectivity index (χ4v) is 3.85. The van der Waals surface area contributed by atoms with Crippen LogP contribution in [-0.2, 0) is 9.59 Å². The highest BCUT2D eigenvalue weighted by molar-refractivity contribution is 5.91. The molecule has 0 unspecified atom stereocenters. The molecule has 0 bridgehead atoms. The minimum atomic E-state index is -1.02. The van der Waals surface area contributed by atoms with E-state index in [1.165, 1.54) is 36.5 Å². The molecule has 1 aliphatic carbocycles. The van der Waals surface area contributed by atoms with Gasteiger partial charge in [0.15, 0.2) is 0 Å². The van der Waals surface area contributed by atoms with Crippen LogP contribution in [0.2, 0.25) is 0 Å². The summed E-state index contributed by atoms with van der Waals surface area (Å²) in [6.45, 7) is 11.2. The van der Waals surface area contributed by atoms with Crippen molar-refractivity contribution < 1.29 is 14.7 Å². The predicted octanol–water partition coefficient (Wildman–Crippen LogP) is 5.22. The summed E-state index contributed by atoms with van der Waals surface area (Å²) in [4.78, 5) is 23.4. The molecule has 1 atom stereocenters. The van der Waals surface area contributed by atoms with Crippen molar-refractivity contribution in [2.75, 3.05) is 6.54 Å². The number of allylic oxidation sites excluding steroid dienone is 9. The van der Waals surface area contributed by atoms with Gasteiger partial charge in [0.05, 0.1) is 0 Å². The van der Waals surface area contributed by atoms with Crippen molar-refractivity contribution in [2.24, 2.45) is 11.1 Å². The van der Waals surface area contributed by atoms with E-state index in [2.05, 4.69) is 45.2 Å². The van der Waals surface area contributed by atoms with Gasteiger partial charge in [-0.2, -0.15) is 0 Å². The number of carboxylic acids is 1. The van der Waals surface area contributed by atoms with Crippen molar-refractivity contribution in [2.45, 2.75) is 79.2 Å². The Balaban J connectivity index is 2.69. The van der Waals surface area contributed by atoms with Gasteiger partial charge in [0.25, 0.3) is 0 Å². The van der Waals surface area contributed by atoms with E-state index in [0.29, 0.717) is 19.4 Å². The maximum Gasteiger partial charge on any atom is 0.326 e. The number of aliphatic carboxylic acids is 1. The summed E-state index contributed by atoms with van der Waals surface area (Å²) in [5.41, 5.74) is 10.4. The van der Waals surface area contributed by atoms with Crippen LogP contribution >= 0.6 is 0 Å². The zero-order valence-electron chi connectivity index (χ0n) is 19.8. The molecule has 0 aliphatic heterocycles. The minimum absolute atomic E-state index is 0.222. The molecule has 31 heavy (non-hydrogen) atoms. The highest BCUT2D eigenvalue weighted by Crippen LogP contribution is 2.40. The Morgan fingerprint density at radius 3 is 2.52 bits per heavy atom. The summed E-state index contributed by atoms with van der Waals surface area (Å²) in [5.74, 6) is -1.42. The fourth-order valence-electron chi connectivity index (χ4n) is 3.85. The van der Waals surface area contributed by atoms with Crippen LogP contribution in [-0.4, -0.2) is 29.6 Å². The molecule has 0 radical (unpaired) electrons. The number of hydrogen-bond donors (Lipinski definition) is 3. The summed E-state index contributed by atoms with van der Waals surface area (Å²) in [5, 5.41) is 11.8. The van der Waals surface area contributed by atoms with Crippen LogP contribution < -0.4 is 11.1 Å². The van der Waals surface area contributed by atoms with Crippen molar-refractivity contribution in [3.63, 3.8) is 0 Å². The molecule has 0 aromatic carbocycles. The highest BCUT2D eigenvalue weighted by Gasteiger charge is 2.26. The lowest BCUT2D eigenvalue weighted by Gasteiger charge is -2.32. The lowest BCUT2D eigenvalue weighted by molar-refractivity contribution is -0.141. The number of nitrogens with one attached hydrogen (secondary N) is 1. The van der Waals surface area contributed by atoms with Gasteiger partial charge in [0, 0.05) is 6.08 Å². The number of rotatable bonds is 11. The molecule has 1 amide bonds. The number of hydrogen-bond acceptors (Lipinski definition) is 3. The van der Waals surface area contributed by atoms with Crippen LogP contribution in [0.15, 0.2) is 58.7 Å². The van der Waals surface area contributed by atoms with Gasteiger partial charge in [0.1, 0.15) is 6.04 Å². The molecule has 1 aliphatic rings. The van der Waals surface area contributed by atoms with Gasteiger partial charge in [-0.25, -0.2) is 4.79 Å². The molecular weight excluding hydrogens is 388 g/mol. The molecule has 0 aromatic rings. The van der Waals surface area contributed by atoms with E-state index in [4.69, 9.17) is 5.73 Å². The van der Waals surface area contributed by atoms with Crippen LogP contribution in [0.1, 0.15) is 73.1 Å².